The van der Waals surface area contributed by atoms with Crippen molar-refractivity contribution >= 4 is 0 Å². The molecule has 0 aromatic carbocycles. The molecule has 10 heavy (non-hydrogen) atoms. The molecule has 0 nitrogen and oxygen atoms in total. The summed E-state index contributed by atoms with van der Waals surface area (Å²) in [5.74, 6) is 2.48. The molecule has 3 unspecified atom stereocenters. The number of allylic oxidation sites excluding steroid dienone is 4. The highest BCUT2D eigenvalue weighted by molar-refractivity contribution is 5.10. The van der Waals surface area contributed by atoms with Gasteiger partial charge in [-0.1, -0.05) is 18.2 Å². The molecule has 0 spiro atoms. The Labute approximate surface area is 62.6 Å². The lowest BCUT2D eigenvalue weighted by atomic mass is 9.93. The molecule has 0 saturated heterocycles. The van der Waals surface area contributed by atoms with Crippen LogP contribution in [0.25, 0.3) is 0 Å². The molecule has 2 aliphatic carbocycles. The summed E-state index contributed by atoms with van der Waals surface area (Å²) in [6.45, 7) is 2.11. The summed E-state index contributed by atoms with van der Waals surface area (Å²) in [4.78, 5) is 0. The summed E-state index contributed by atoms with van der Waals surface area (Å²) < 4.78 is 0. The minimum absolute atomic E-state index is 0.797. The largest absolute Gasteiger partial charge is 0.0914 e. The second kappa shape index (κ2) is 2.26. The molecule has 1 saturated carbocycles. The summed E-state index contributed by atoms with van der Waals surface area (Å²) >= 11 is 0. The highest BCUT2D eigenvalue weighted by Crippen LogP contribution is 2.43. The van der Waals surface area contributed by atoms with Crippen LogP contribution in [0.1, 0.15) is 19.8 Å². The van der Waals surface area contributed by atoms with Gasteiger partial charge in [0.2, 0.25) is 0 Å². The van der Waals surface area contributed by atoms with Crippen molar-refractivity contribution < 1.29 is 0 Å². The monoisotopic (exact) mass is 133 g/mol. The van der Waals surface area contributed by atoms with Crippen molar-refractivity contribution in [2.45, 2.75) is 19.8 Å². The molecule has 0 aromatic rings. The van der Waals surface area contributed by atoms with Crippen LogP contribution in [0.3, 0.4) is 0 Å². The molecule has 0 N–H and O–H groups in total. The van der Waals surface area contributed by atoms with Crippen molar-refractivity contribution in [3.05, 3.63) is 24.3 Å². The SMILES string of the molecule is CC=CC1CC2[C]=CC1C2. The number of hydrogen-bond acceptors (Lipinski definition) is 0. The first-order chi connectivity index (χ1) is 4.90. The third-order valence-electron chi connectivity index (χ3n) is 2.65. The lowest BCUT2D eigenvalue weighted by Crippen LogP contribution is -2.02. The van der Waals surface area contributed by atoms with Crippen LogP contribution in [0, 0.1) is 23.8 Å². The van der Waals surface area contributed by atoms with Crippen LogP contribution >= 0.6 is 0 Å². The third-order valence-corrected chi connectivity index (χ3v) is 2.65. The van der Waals surface area contributed by atoms with E-state index in [9.17, 15) is 0 Å². The van der Waals surface area contributed by atoms with Gasteiger partial charge in [-0.05, 0) is 43.6 Å². The molecule has 0 amide bonds. The van der Waals surface area contributed by atoms with E-state index in [1.54, 1.807) is 0 Å². The third kappa shape index (κ3) is 0.828. The van der Waals surface area contributed by atoms with Gasteiger partial charge < -0.3 is 0 Å². The zero-order valence-electron chi connectivity index (χ0n) is 6.38. The highest BCUT2D eigenvalue weighted by Gasteiger charge is 2.33. The summed E-state index contributed by atoms with van der Waals surface area (Å²) in [5, 5.41) is 0. The smallest absolute Gasteiger partial charge is 0.0151 e. The normalized spacial score (nSPS) is 43.9. The molecule has 1 radical (unpaired) electrons. The van der Waals surface area contributed by atoms with E-state index in [4.69, 9.17) is 0 Å². The minimum Gasteiger partial charge on any atom is -0.0914 e. The lowest BCUT2D eigenvalue weighted by Gasteiger charge is -2.11. The van der Waals surface area contributed by atoms with E-state index in [0.717, 1.165) is 17.8 Å². The van der Waals surface area contributed by atoms with Crippen molar-refractivity contribution in [3.63, 3.8) is 0 Å². The van der Waals surface area contributed by atoms with Crippen LogP contribution in [0.5, 0.6) is 0 Å². The fourth-order valence-electron chi connectivity index (χ4n) is 2.16. The van der Waals surface area contributed by atoms with Crippen molar-refractivity contribution in [2.24, 2.45) is 17.8 Å². The fraction of sp³-hybridized carbons (Fsp3) is 0.600. The van der Waals surface area contributed by atoms with Gasteiger partial charge in [0, 0.05) is 0 Å². The first kappa shape index (κ1) is 6.21. The van der Waals surface area contributed by atoms with E-state index < -0.39 is 0 Å². The van der Waals surface area contributed by atoms with E-state index >= 15 is 0 Å². The average Bonchev–Trinajstić information content (AvgIpc) is 2.48. The van der Waals surface area contributed by atoms with Gasteiger partial charge in [0.25, 0.3) is 0 Å². The van der Waals surface area contributed by atoms with Crippen LogP contribution in [-0.4, -0.2) is 0 Å². The summed E-state index contributed by atoms with van der Waals surface area (Å²) in [6.07, 6.45) is 12.9. The average molecular weight is 133 g/mol. The summed E-state index contributed by atoms with van der Waals surface area (Å²) in [7, 11) is 0. The number of hydrogen-bond donors (Lipinski definition) is 0. The van der Waals surface area contributed by atoms with Gasteiger partial charge >= 0.3 is 0 Å². The maximum Gasteiger partial charge on any atom is -0.0151 e. The molecule has 0 aromatic heterocycles. The fourth-order valence-corrected chi connectivity index (χ4v) is 2.16. The second-order valence-corrected chi connectivity index (χ2v) is 3.36. The predicted octanol–water partition coefficient (Wildman–Crippen LogP) is 2.58. The molecular formula is C10H13. The molecule has 3 atom stereocenters. The van der Waals surface area contributed by atoms with E-state index in [-0.39, 0.29) is 0 Å². The Morgan fingerprint density at radius 2 is 2.40 bits per heavy atom. The Morgan fingerprint density at radius 3 is 2.90 bits per heavy atom. The Balaban J connectivity index is 2.09. The van der Waals surface area contributed by atoms with E-state index in [2.05, 4.69) is 31.2 Å². The highest BCUT2D eigenvalue weighted by atomic mass is 14.4. The van der Waals surface area contributed by atoms with E-state index in [0.29, 0.717) is 0 Å². The first-order valence-corrected chi connectivity index (χ1v) is 4.12. The van der Waals surface area contributed by atoms with Crippen molar-refractivity contribution in [1.29, 1.82) is 0 Å². The maximum atomic E-state index is 3.39. The van der Waals surface area contributed by atoms with Gasteiger partial charge in [0.15, 0.2) is 0 Å². The van der Waals surface area contributed by atoms with Crippen molar-refractivity contribution in [1.82, 2.24) is 0 Å². The van der Waals surface area contributed by atoms with E-state index in [1.807, 2.05) is 0 Å². The lowest BCUT2D eigenvalue weighted by molar-refractivity contribution is 0.546. The van der Waals surface area contributed by atoms with Gasteiger partial charge in [-0.15, -0.1) is 0 Å². The standard InChI is InChI=1S/C10H13/c1-2-3-9-6-8-4-5-10(9)7-8/h2-3,5,8-10H,6-7H2,1H3. The van der Waals surface area contributed by atoms with Gasteiger partial charge in [-0.3, -0.25) is 0 Å². The molecule has 53 valence electrons. The first-order valence-electron chi connectivity index (χ1n) is 4.12. The Bertz CT molecular complexity index is 176. The summed E-state index contributed by atoms with van der Waals surface area (Å²) in [5.41, 5.74) is 0. The molecule has 1 fully saturated rings. The van der Waals surface area contributed by atoms with Crippen LogP contribution in [0.4, 0.5) is 0 Å². The minimum atomic E-state index is 0.797. The van der Waals surface area contributed by atoms with Gasteiger partial charge in [0.05, 0.1) is 0 Å². The molecule has 0 aliphatic heterocycles. The molecule has 2 rings (SSSR count). The quantitative estimate of drug-likeness (QED) is 0.482. The molecule has 2 aliphatic rings. The van der Waals surface area contributed by atoms with Crippen LogP contribution in [-0.2, 0) is 0 Å². The molecule has 2 bridgehead atoms. The zero-order chi connectivity index (χ0) is 6.97. The van der Waals surface area contributed by atoms with Gasteiger partial charge in [0.1, 0.15) is 0 Å². The Hall–Kier alpha value is -0.520. The predicted molar refractivity (Wildman–Crippen MR) is 42.3 cm³/mol. The van der Waals surface area contributed by atoms with Crippen LogP contribution in [0.15, 0.2) is 18.2 Å². The topological polar surface area (TPSA) is 0 Å². The molecule has 0 heterocycles. The Morgan fingerprint density at radius 1 is 1.50 bits per heavy atom. The number of fused-ring (bicyclic) bond motifs is 2. The second-order valence-electron chi connectivity index (χ2n) is 3.36. The summed E-state index contributed by atoms with van der Waals surface area (Å²) in [6, 6.07) is 0. The van der Waals surface area contributed by atoms with Crippen molar-refractivity contribution in [3.8, 4) is 0 Å². The van der Waals surface area contributed by atoms with Crippen LogP contribution < -0.4 is 0 Å². The van der Waals surface area contributed by atoms with Crippen LogP contribution in [0.2, 0.25) is 0 Å². The number of rotatable bonds is 1. The van der Waals surface area contributed by atoms with Gasteiger partial charge in [-0.2, -0.15) is 0 Å². The maximum absolute atomic E-state index is 3.39. The van der Waals surface area contributed by atoms with Gasteiger partial charge in [-0.25, -0.2) is 0 Å². The molecule has 0 heteroatoms. The molecular weight excluding hydrogens is 120 g/mol. The van der Waals surface area contributed by atoms with E-state index in [1.165, 1.54) is 12.8 Å². The zero-order valence-corrected chi connectivity index (χ0v) is 6.38. The van der Waals surface area contributed by atoms with Crippen molar-refractivity contribution in [2.75, 3.05) is 0 Å². The Kier molecular flexibility index (Phi) is 1.40.